The van der Waals surface area contributed by atoms with Crippen LogP contribution >= 0.6 is 11.8 Å². The lowest BCUT2D eigenvalue weighted by atomic mass is 10.1. The lowest BCUT2D eigenvalue weighted by Gasteiger charge is -2.15. The molecule has 1 saturated carbocycles. The predicted molar refractivity (Wildman–Crippen MR) is 84.5 cm³/mol. The van der Waals surface area contributed by atoms with Gasteiger partial charge in [-0.15, -0.1) is 11.8 Å². The fraction of sp³-hybridized carbons (Fsp3) is 0.562. The highest BCUT2D eigenvalue weighted by molar-refractivity contribution is 8.00. The number of anilines is 1. The number of aliphatic carboxylic acids is 1. The Morgan fingerprint density at radius 3 is 2.60 bits per heavy atom. The standard InChI is InChI=1S/C16H23NO2S/c1-12(6-11-16(18)19)17-13-7-9-15(10-8-13)20-14-4-2-3-5-14/h7-10,12,14,17H,2-6,11H2,1H3,(H,18,19). The van der Waals surface area contributed by atoms with Crippen molar-refractivity contribution in [1.82, 2.24) is 0 Å². The Morgan fingerprint density at radius 2 is 2.00 bits per heavy atom. The lowest BCUT2D eigenvalue weighted by molar-refractivity contribution is -0.137. The van der Waals surface area contributed by atoms with E-state index in [2.05, 4.69) is 29.6 Å². The van der Waals surface area contributed by atoms with Crippen molar-refractivity contribution >= 4 is 23.4 Å². The molecular weight excluding hydrogens is 270 g/mol. The third-order valence-electron chi connectivity index (χ3n) is 3.66. The van der Waals surface area contributed by atoms with Crippen LogP contribution in [0.2, 0.25) is 0 Å². The summed E-state index contributed by atoms with van der Waals surface area (Å²) in [6, 6.07) is 8.69. The average molecular weight is 293 g/mol. The van der Waals surface area contributed by atoms with E-state index in [9.17, 15) is 4.79 Å². The molecule has 2 rings (SSSR count). The second kappa shape index (κ2) is 7.58. The van der Waals surface area contributed by atoms with Gasteiger partial charge in [0.1, 0.15) is 0 Å². The van der Waals surface area contributed by atoms with E-state index in [0.29, 0.717) is 6.42 Å². The zero-order chi connectivity index (χ0) is 14.4. The number of rotatable bonds is 7. The minimum absolute atomic E-state index is 0.180. The second-order valence-corrected chi connectivity index (χ2v) is 6.90. The normalized spacial score (nSPS) is 17.1. The first-order chi connectivity index (χ1) is 9.63. The van der Waals surface area contributed by atoms with E-state index in [-0.39, 0.29) is 12.5 Å². The predicted octanol–water partition coefficient (Wildman–Crippen LogP) is 4.39. The van der Waals surface area contributed by atoms with Gasteiger partial charge >= 0.3 is 5.97 Å². The van der Waals surface area contributed by atoms with E-state index in [1.807, 2.05) is 18.7 Å². The molecule has 1 aliphatic carbocycles. The van der Waals surface area contributed by atoms with E-state index in [1.54, 1.807) is 0 Å². The van der Waals surface area contributed by atoms with E-state index in [1.165, 1.54) is 30.6 Å². The van der Waals surface area contributed by atoms with Crippen molar-refractivity contribution < 1.29 is 9.90 Å². The molecule has 0 radical (unpaired) electrons. The molecular formula is C16H23NO2S. The van der Waals surface area contributed by atoms with Gasteiger partial charge in [0.25, 0.3) is 0 Å². The Morgan fingerprint density at radius 1 is 1.35 bits per heavy atom. The molecule has 0 aromatic heterocycles. The Kier molecular flexibility index (Phi) is 5.77. The van der Waals surface area contributed by atoms with Crippen LogP contribution in [0.15, 0.2) is 29.2 Å². The molecule has 1 atom stereocenters. The van der Waals surface area contributed by atoms with Gasteiger partial charge in [-0.3, -0.25) is 4.79 Å². The van der Waals surface area contributed by atoms with Crippen LogP contribution in [0.25, 0.3) is 0 Å². The van der Waals surface area contributed by atoms with Gasteiger partial charge in [0.2, 0.25) is 0 Å². The molecule has 1 aromatic rings. The second-order valence-electron chi connectivity index (χ2n) is 5.53. The number of carbonyl (C=O) groups is 1. The number of carboxylic acids is 1. The molecule has 0 bridgehead atoms. The van der Waals surface area contributed by atoms with Crippen LogP contribution in [0.4, 0.5) is 5.69 Å². The molecule has 0 amide bonds. The molecule has 0 heterocycles. The summed E-state index contributed by atoms with van der Waals surface area (Å²) >= 11 is 1.99. The largest absolute Gasteiger partial charge is 0.481 e. The average Bonchev–Trinajstić information content (AvgIpc) is 2.92. The third-order valence-corrected chi connectivity index (χ3v) is 5.01. The van der Waals surface area contributed by atoms with Crippen LogP contribution in [0.3, 0.4) is 0 Å². The molecule has 0 aliphatic heterocycles. The molecule has 1 aromatic carbocycles. The fourth-order valence-electron chi connectivity index (χ4n) is 2.53. The van der Waals surface area contributed by atoms with Crippen molar-refractivity contribution in [3.05, 3.63) is 24.3 Å². The molecule has 110 valence electrons. The molecule has 0 spiro atoms. The van der Waals surface area contributed by atoms with Crippen LogP contribution in [0, 0.1) is 0 Å². The summed E-state index contributed by atoms with van der Waals surface area (Å²) < 4.78 is 0. The summed E-state index contributed by atoms with van der Waals surface area (Å²) in [5.41, 5.74) is 1.07. The van der Waals surface area contributed by atoms with Crippen molar-refractivity contribution in [1.29, 1.82) is 0 Å². The van der Waals surface area contributed by atoms with Crippen LogP contribution in [-0.4, -0.2) is 22.4 Å². The SMILES string of the molecule is CC(CCC(=O)O)Nc1ccc(SC2CCCC2)cc1. The van der Waals surface area contributed by atoms with Crippen LogP contribution < -0.4 is 5.32 Å². The van der Waals surface area contributed by atoms with Crippen LogP contribution in [-0.2, 0) is 4.79 Å². The monoisotopic (exact) mass is 293 g/mol. The van der Waals surface area contributed by atoms with E-state index in [4.69, 9.17) is 5.11 Å². The lowest BCUT2D eigenvalue weighted by Crippen LogP contribution is -2.16. The van der Waals surface area contributed by atoms with Crippen LogP contribution in [0.1, 0.15) is 45.4 Å². The fourth-order valence-corrected chi connectivity index (χ4v) is 3.77. The Labute approximate surface area is 125 Å². The van der Waals surface area contributed by atoms with Gasteiger partial charge in [-0.2, -0.15) is 0 Å². The molecule has 0 saturated heterocycles. The maximum absolute atomic E-state index is 10.5. The van der Waals surface area contributed by atoms with E-state index >= 15 is 0 Å². The van der Waals surface area contributed by atoms with Gasteiger partial charge < -0.3 is 10.4 Å². The van der Waals surface area contributed by atoms with E-state index in [0.717, 1.165) is 10.9 Å². The number of benzene rings is 1. The van der Waals surface area contributed by atoms with Crippen molar-refractivity contribution in [3.8, 4) is 0 Å². The maximum Gasteiger partial charge on any atom is 0.303 e. The molecule has 4 heteroatoms. The van der Waals surface area contributed by atoms with E-state index < -0.39 is 5.97 Å². The molecule has 1 unspecified atom stereocenters. The van der Waals surface area contributed by atoms with Gasteiger partial charge in [0.15, 0.2) is 0 Å². The zero-order valence-electron chi connectivity index (χ0n) is 12.0. The quantitative estimate of drug-likeness (QED) is 0.783. The minimum Gasteiger partial charge on any atom is -0.481 e. The third kappa shape index (κ3) is 5.08. The Balaban J connectivity index is 1.79. The molecule has 20 heavy (non-hydrogen) atoms. The summed E-state index contributed by atoms with van der Waals surface area (Å²) in [4.78, 5) is 11.9. The topological polar surface area (TPSA) is 49.3 Å². The number of hydrogen-bond acceptors (Lipinski definition) is 3. The highest BCUT2D eigenvalue weighted by Crippen LogP contribution is 2.34. The van der Waals surface area contributed by atoms with Crippen molar-refractivity contribution in [2.24, 2.45) is 0 Å². The van der Waals surface area contributed by atoms with Gasteiger partial charge in [0, 0.05) is 28.3 Å². The van der Waals surface area contributed by atoms with Gasteiger partial charge in [0.05, 0.1) is 0 Å². The zero-order valence-corrected chi connectivity index (χ0v) is 12.8. The Bertz CT molecular complexity index is 427. The molecule has 3 nitrogen and oxygen atoms in total. The highest BCUT2D eigenvalue weighted by Gasteiger charge is 2.15. The minimum atomic E-state index is -0.734. The van der Waals surface area contributed by atoms with Gasteiger partial charge in [-0.1, -0.05) is 12.8 Å². The van der Waals surface area contributed by atoms with Gasteiger partial charge in [-0.05, 0) is 50.5 Å². The maximum atomic E-state index is 10.5. The molecule has 2 N–H and O–H groups in total. The first kappa shape index (κ1) is 15.2. The van der Waals surface area contributed by atoms with Crippen molar-refractivity contribution in [3.63, 3.8) is 0 Å². The van der Waals surface area contributed by atoms with Crippen molar-refractivity contribution in [2.45, 2.75) is 61.6 Å². The first-order valence-electron chi connectivity index (χ1n) is 7.38. The summed E-state index contributed by atoms with van der Waals surface area (Å²) in [6.07, 6.45) is 6.29. The number of nitrogens with one attached hydrogen (secondary N) is 1. The molecule has 1 fully saturated rings. The van der Waals surface area contributed by atoms with Gasteiger partial charge in [-0.25, -0.2) is 0 Å². The Hall–Kier alpha value is -1.16. The number of thioether (sulfide) groups is 1. The smallest absolute Gasteiger partial charge is 0.303 e. The summed E-state index contributed by atoms with van der Waals surface area (Å²) in [5.74, 6) is -0.734. The summed E-state index contributed by atoms with van der Waals surface area (Å²) in [5, 5.41) is 12.8. The summed E-state index contributed by atoms with van der Waals surface area (Å²) in [6.45, 7) is 2.02. The summed E-state index contributed by atoms with van der Waals surface area (Å²) in [7, 11) is 0. The number of hydrogen-bond donors (Lipinski definition) is 2. The molecule has 1 aliphatic rings. The van der Waals surface area contributed by atoms with Crippen LogP contribution in [0.5, 0.6) is 0 Å². The van der Waals surface area contributed by atoms with Crippen molar-refractivity contribution in [2.75, 3.05) is 5.32 Å². The number of carboxylic acid groups (broad SMARTS) is 1. The highest BCUT2D eigenvalue weighted by atomic mass is 32.2. The first-order valence-corrected chi connectivity index (χ1v) is 8.26.